The fourth-order valence-corrected chi connectivity index (χ4v) is 4.20. The van der Waals surface area contributed by atoms with E-state index in [9.17, 15) is 26.4 Å². The van der Waals surface area contributed by atoms with Gasteiger partial charge in [-0.3, -0.25) is 4.79 Å². The molecule has 1 aromatic heterocycles. The number of hydrogen-bond donors (Lipinski definition) is 0. The molecule has 148 valence electrons. The summed E-state index contributed by atoms with van der Waals surface area (Å²) in [5.41, 5.74) is -1.28. The number of hydrogen-bond acceptors (Lipinski definition) is 3. The molecule has 0 bridgehead atoms. The number of benzene rings is 2. The minimum Gasteiger partial charge on any atom is -0.311 e. The van der Waals surface area contributed by atoms with Crippen molar-refractivity contribution in [1.29, 1.82) is 0 Å². The lowest BCUT2D eigenvalue weighted by atomic mass is 10.1. The van der Waals surface area contributed by atoms with Gasteiger partial charge in [0.15, 0.2) is 9.84 Å². The third kappa shape index (κ3) is 3.93. The van der Waals surface area contributed by atoms with Crippen molar-refractivity contribution in [3.05, 3.63) is 75.2 Å². The lowest BCUT2D eigenvalue weighted by molar-refractivity contribution is -0.137. The lowest BCUT2D eigenvalue weighted by Crippen LogP contribution is -2.22. The van der Waals surface area contributed by atoms with Crippen LogP contribution in [-0.4, -0.2) is 18.7 Å². The second-order valence-corrected chi connectivity index (χ2v) is 8.89. The lowest BCUT2D eigenvalue weighted by Gasteiger charge is -2.13. The first kappa shape index (κ1) is 20.4. The van der Waals surface area contributed by atoms with E-state index in [-0.39, 0.29) is 22.6 Å². The number of halogens is 4. The van der Waals surface area contributed by atoms with Gasteiger partial charge >= 0.3 is 6.18 Å². The largest absolute Gasteiger partial charge is 0.416 e. The molecule has 0 radical (unpaired) electrons. The van der Waals surface area contributed by atoms with Gasteiger partial charge in [0.1, 0.15) is 0 Å². The number of aromatic nitrogens is 1. The Bertz CT molecular complexity index is 1220. The Balaban J connectivity index is 2.15. The van der Waals surface area contributed by atoms with Crippen molar-refractivity contribution < 1.29 is 21.6 Å². The fraction of sp³-hybridized carbons (Fsp3) is 0.211. The van der Waals surface area contributed by atoms with Crippen LogP contribution in [0.1, 0.15) is 18.1 Å². The summed E-state index contributed by atoms with van der Waals surface area (Å²) in [4.78, 5) is 12.8. The molecule has 0 N–H and O–H groups in total. The van der Waals surface area contributed by atoms with Gasteiger partial charge in [-0.15, -0.1) is 0 Å². The summed E-state index contributed by atoms with van der Waals surface area (Å²) in [6, 6.07) is 8.69. The topological polar surface area (TPSA) is 56.1 Å². The first-order valence-corrected chi connectivity index (χ1v) is 10.3. The highest BCUT2D eigenvalue weighted by Crippen LogP contribution is 2.30. The molecule has 3 aromatic rings. The first-order valence-electron chi connectivity index (χ1n) is 8.24. The van der Waals surface area contributed by atoms with Crippen molar-refractivity contribution in [1.82, 2.24) is 4.57 Å². The minimum atomic E-state index is -4.57. The number of rotatable bonds is 4. The maximum Gasteiger partial charge on any atom is 0.416 e. The first-order chi connectivity index (χ1) is 13.0. The summed E-state index contributed by atoms with van der Waals surface area (Å²) in [5.74, 6) is -0.136. The Kier molecular flexibility index (Phi) is 5.29. The van der Waals surface area contributed by atoms with Crippen LogP contribution in [0.4, 0.5) is 13.2 Å². The normalized spacial score (nSPS) is 12.5. The van der Waals surface area contributed by atoms with Crippen molar-refractivity contribution in [2.24, 2.45) is 0 Å². The highest BCUT2D eigenvalue weighted by molar-refractivity contribution is 7.91. The van der Waals surface area contributed by atoms with Crippen LogP contribution in [-0.2, 0) is 22.6 Å². The van der Waals surface area contributed by atoms with Gasteiger partial charge < -0.3 is 4.57 Å². The summed E-state index contributed by atoms with van der Waals surface area (Å²) >= 11 is 5.97. The van der Waals surface area contributed by atoms with Crippen LogP contribution in [0.3, 0.4) is 0 Å². The minimum absolute atomic E-state index is 0.0374. The predicted octanol–water partition coefficient (Wildman–Crippen LogP) is 4.52. The molecule has 0 saturated carbocycles. The molecule has 28 heavy (non-hydrogen) atoms. The Morgan fingerprint density at radius 1 is 1.07 bits per heavy atom. The summed E-state index contributed by atoms with van der Waals surface area (Å²) in [5, 5.41) is 0.555. The second-order valence-electron chi connectivity index (χ2n) is 6.20. The number of pyridine rings is 1. The molecule has 9 heteroatoms. The molecule has 2 aromatic carbocycles. The van der Waals surface area contributed by atoms with E-state index in [1.165, 1.54) is 48.0 Å². The zero-order chi connectivity index (χ0) is 20.7. The molecule has 3 rings (SSSR count). The van der Waals surface area contributed by atoms with E-state index < -0.39 is 27.1 Å². The van der Waals surface area contributed by atoms with Crippen LogP contribution in [0, 0.1) is 0 Å². The number of fused-ring (bicyclic) bond motifs is 1. The van der Waals surface area contributed by atoms with Gasteiger partial charge in [-0.25, -0.2) is 8.42 Å². The van der Waals surface area contributed by atoms with Crippen molar-refractivity contribution in [2.75, 3.05) is 5.75 Å². The van der Waals surface area contributed by atoms with Gasteiger partial charge in [0.25, 0.3) is 5.56 Å². The van der Waals surface area contributed by atoms with Crippen LogP contribution < -0.4 is 5.56 Å². The number of nitrogens with zero attached hydrogens (tertiary/aromatic N) is 1. The van der Waals surface area contributed by atoms with Crippen LogP contribution >= 0.6 is 11.6 Å². The van der Waals surface area contributed by atoms with Gasteiger partial charge in [-0.1, -0.05) is 24.6 Å². The molecule has 0 amide bonds. The van der Waals surface area contributed by atoms with Crippen molar-refractivity contribution in [3.8, 4) is 0 Å². The van der Waals surface area contributed by atoms with Crippen LogP contribution in [0.25, 0.3) is 10.8 Å². The Hall–Kier alpha value is -2.32. The molecule has 0 spiro atoms. The van der Waals surface area contributed by atoms with Crippen LogP contribution in [0.5, 0.6) is 0 Å². The molecule has 4 nitrogen and oxygen atoms in total. The predicted molar refractivity (Wildman–Crippen MR) is 101 cm³/mol. The third-order valence-corrected chi connectivity index (χ3v) is 6.45. The standard InChI is InChI=1S/C19H15ClF3NO3S/c1-2-28(26,27)17-6-5-15(20)9-13(17)11-24-8-7-12-3-4-14(19(21,22)23)10-16(12)18(24)25/h3-10H,2,11H2,1H3. The smallest absolute Gasteiger partial charge is 0.311 e. The Morgan fingerprint density at radius 2 is 1.79 bits per heavy atom. The Labute approximate surface area is 164 Å². The highest BCUT2D eigenvalue weighted by atomic mass is 35.5. The van der Waals surface area contributed by atoms with Gasteiger partial charge in [0, 0.05) is 16.6 Å². The summed E-state index contributed by atoms with van der Waals surface area (Å²) < 4.78 is 64.7. The van der Waals surface area contributed by atoms with Gasteiger partial charge in [-0.2, -0.15) is 13.2 Å². The van der Waals surface area contributed by atoms with E-state index in [0.717, 1.165) is 12.1 Å². The van der Waals surface area contributed by atoms with E-state index in [1.54, 1.807) is 0 Å². The molecular formula is C19H15ClF3NO3S. The monoisotopic (exact) mass is 429 g/mol. The zero-order valence-electron chi connectivity index (χ0n) is 14.6. The molecule has 0 fully saturated rings. The molecule has 0 saturated heterocycles. The zero-order valence-corrected chi connectivity index (χ0v) is 16.2. The average molecular weight is 430 g/mol. The Morgan fingerprint density at radius 3 is 2.43 bits per heavy atom. The maximum atomic E-state index is 13.0. The molecule has 1 heterocycles. The second kappa shape index (κ2) is 7.25. The third-order valence-electron chi connectivity index (χ3n) is 4.38. The highest BCUT2D eigenvalue weighted by Gasteiger charge is 2.30. The molecule has 0 aliphatic rings. The molecule has 0 atom stereocenters. The van der Waals surface area contributed by atoms with Crippen molar-refractivity contribution in [3.63, 3.8) is 0 Å². The van der Waals surface area contributed by atoms with E-state index in [2.05, 4.69) is 0 Å². The van der Waals surface area contributed by atoms with E-state index in [1.807, 2.05) is 0 Å². The van der Waals surface area contributed by atoms with Crippen LogP contribution in [0.15, 0.2) is 58.4 Å². The molecular weight excluding hydrogens is 415 g/mol. The van der Waals surface area contributed by atoms with Gasteiger partial charge in [0.05, 0.1) is 22.8 Å². The van der Waals surface area contributed by atoms with Crippen molar-refractivity contribution >= 4 is 32.2 Å². The molecule has 0 aliphatic heterocycles. The fourth-order valence-electron chi connectivity index (χ4n) is 2.89. The van der Waals surface area contributed by atoms with E-state index in [4.69, 9.17) is 11.6 Å². The molecule has 0 aliphatic carbocycles. The van der Waals surface area contributed by atoms with E-state index >= 15 is 0 Å². The number of sulfone groups is 1. The quantitative estimate of drug-likeness (QED) is 0.613. The van der Waals surface area contributed by atoms with Crippen LogP contribution in [0.2, 0.25) is 5.02 Å². The average Bonchev–Trinajstić information content (AvgIpc) is 2.63. The molecule has 0 unspecified atom stereocenters. The summed E-state index contributed by atoms with van der Waals surface area (Å²) in [6.45, 7) is 1.36. The van der Waals surface area contributed by atoms with E-state index in [0.29, 0.717) is 16.0 Å². The van der Waals surface area contributed by atoms with Gasteiger partial charge in [-0.05, 0) is 47.3 Å². The maximum absolute atomic E-state index is 13.0. The summed E-state index contributed by atoms with van der Waals surface area (Å²) in [6.07, 6.45) is -3.15. The van der Waals surface area contributed by atoms with Gasteiger partial charge in [0.2, 0.25) is 0 Å². The van der Waals surface area contributed by atoms with Crippen molar-refractivity contribution in [2.45, 2.75) is 24.5 Å². The SMILES string of the molecule is CCS(=O)(=O)c1ccc(Cl)cc1Cn1ccc2ccc(C(F)(F)F)cc2c1=O. The number of alkyl halides is 3. The summed E-state index contributed by atoms with van der Waals surface area (Å²) in [7, 11) is -3.57.